The molecule has 0 spiro atoms. The lowest BCUT2D eigenvalue weighted by molar-refractivity contribution is -0.156. The first kappa shape index (κ1) is 15.5. The van der Waals surface area contributed by atoms with E-state index in [-0.39, 0.29) is 18.0 Å². The van der Waals surface area contributed by atoms with Gasteiger partial charge in [-0.2, -0.15) is 0 Å². The van der Waals surface area contributed by atoms with E-state index in [1.165, 1.54) is 6.42 Å². The maximum Gasteiger partial charge on any atom is 0.323 e. The second-order valence-corrected chi connectivity index (χ2v) is 6.73. The van der Waals surface area contributed by atoms with Crippen LogP contribution in [0.4, 0.5) is 0 Å². The van der Waals surface area contributed by atoms with Gasteiger partial charge in [0.25, 0.3) is 0 Å². The number of rotatable bonds is 4. The van der Waals surface area contributed by atoms with E-state index in [2.05, 4.69) is 20.8 Å². The molecule has 2 unspecified atom stereocenters. The maximum absolute atomic E-state index is 11.9. The highest BCUT2D eigenvalue weighted by molar-refractivity contribution is 5.75. The number of carbonyl (C=O) groups is 1. The Morgan fingerprint density at radius 2 is 1.94 bits per heavy atom. The summed E-state index contributed by atoms with van der Waals surface area (Å²) >= 11 is 0. The molecule has 0 saturated heterocycles. The monoisotopic (exact) mass is 255 g/mol. The summed E-state index contributed by atoms with van der Waals surface area (Å²) in [7, 11) is 0. The lowest BCUT2D eigenvalue weighted by Crippen LogP contribution is -2.42. The first-order chi connectivity index (χ1) is 8.26. The number of ether oxygens (including phenoxy) is 1. The number of nitrogens with two attached hydrogens (primary N) is 1. The van der Waals surface area contributed by atoms with E-state index >= 15 is 0 Å². The summed E-state index contributed by atoms with van der Waals surface area (Å²) in [5.41, 5.74) is 6.13. The van der Waals surface area contributed by atoms with Crippen LogP contribution in [-0.4, -0.2) is 18.1 Å². The summed E-state index contributed by atoms with van der Waals surface area (Å²) in [6.45, 7) is 10.7. The SMILES string of the molecule is CC(C)[C@@H](N)C(=O)OC1CCCC(C)(C(C)C)C1. The van der Waals surface area contributed by atoms with E-state index in [0.29, 0.717) is 11.3 Å². The minimum absolute atomic E-state index is 0.0587. The van der Waals surface area contributed by atoms with Crippen molar-refractivity contribution in [2.75, 3.05) is 0 Å². The van der Waals surface area contributed by atoms with Crippen molar-refractivity contribution in [3.63, 3.8) is 0 Å². The van der Waals surface area contributed by atoms with Crippen LogP contribution in [-0.2, 0) is 9.53 Å². The van der Waals surface area contributed by atoms with Gasteiger partial charge in [0.05, 0.1) is 0 Å². The summed E-state index contributed by atoms with van der Waals surface area (Å²) in [5, 5.41) is 0. The smallest absolute Gasteiger partial charge is 0.323 e. The molecule has 0 amide bonds. The summed E-state index contributed by atoms with van der Waals surface area (Å²) in [4.78, 5) is 11.9. The second kappa shape index (κ2) is 6.05. The molecule has 1 fully saturated rings. The lowest BCUT2D eigenvalue weighted by atomic mass is 9.67. The molecule has 3 heteroatoms. The van der Waals surface area contributed by atoms with Crippen LogP contribution >= 0.6 is 0 Å². The third-order valence-electron chi connectivity index (χ3n) is 4.64. The topological polar surface area (TPSA) is 52.3 Å². The van der Waals surface area contributed by atoms with Crippen molar-refractivity contribution in [3.8, 4) is 0 Å². The molecule has 0 aromatic rings. The quantitative estimate of drug-likeness (QED) is 0.785. The lowest BCUT2D eigenvalue weighted by Gasteiger charge is -2.41. The van der Waals surface area contributed by atoms with Gasteiger partial charge in [0, 0.05) is 0 Å². The van der Waals surface area contributed by atoms with Crippen LogP contribution in [0.25, 0.3) is 0 Å². The molecule has 3 nitrogen and oxygen atoms in total. The molecule has 0 aromatic carbocycles. The number of carbonyl (C=O) groups excluding carboxylic acids is 1. The van der Waals surface area contributed by atoms with Crippen molar-refractivity contribution in [1.29, 1.82) is 0 Å². The molecule has 0 bridgehead atoms. The predicted molar refractivity (Wildman–Crippen MR) is 74.1 cm³/mol. The molecule has 0 heterocycles. The van der Waals surface area contributed by atoms with Crippen LogP contribution in [0.15, 0.2) is 0 Å². The van der Waals surface area contributed by atoms with Gasteiger partial charge in [-0.25, -0.2) is 0 Å². The summed E-state index contributed by atoms with van der Waals surface area (Å²) < 4.78 is 5.60. The second-order valence-electron chi connectivity index (χ2n) is 6.73. The van der Waals surface area contributed by atoms with E-state index in [0.717, 1.165) is 19.3 Å². The van der Waals surface area contributed by atoms with Crippen LogP contribution < -0.4 is 5.73 Å². The Kier molecular flexibility index (Phi) is 5.20. The minimum Gasteiger partial charge on any atom is -0.461 e. The third kappa shape index (κ3) is 3.71. The molecule has 18 heavy (non-hydrogen) atoms. The molecule has 3 atom stereocenters. The fourth-order valence-electron chi connectivity index (χ4n) is 2.60. The standard InChI is InChI=1S/C15H29NO2/c1-10(2)13(16)14(17)18-12-7-6-8-15(5,9-12)11(3)4/h10-13H,6-9,16H2,1-5H3/t12?,13-,15?/m1/s1. The first-order valence-corrected chi connectivity index (χ1v) is 7.22. The Hall–Kier alpha value is -0.570. The van der Waals surface area contributed by atoms with Crippen molar-refractivity contribution >= 4 is 5.97 Å². The highest BCUT2D eigenvalue weighted by atomic mass is 16.5. The summed E-state index contributed by atoms with van der Waals surface area (Å²) in [6, 6.07) is -0.489. The molecule has 1 rings (SSSR count). The van der Waals surface area contributed by atoms with E-state index in [1.54, 1.807) is 0 Å². The van der Waals surface area contributed by atoms with Gasteiger partial charge in [-0.3, -0.25) is 4.79 Å². The third-order valence-corrected chi connectivity index (χ3v) is 4.64. The Morgan fingerprint density at radius 3 is 2.44 bits per heavy atom. The Labute approximate surface area is 111 Å². The van der Waals surface area contributed by atoms with Gasteiger partial charge in [0.2, 0.25) is 0 Å². The van der Waals surface area contributed by atoms with Crippen LogP contribution in [0, 0.1) is 17.3 Å². The normalized spacial score (nSPS) is 30.6. The number of hydrogen-bond donors (Lipinski definition) is 1. The molecule has 1 aliphatic rings. The van der Waals surface area contributed by atoms with E-state index in [1.807, 2.05) is 13.8 Å². The predicted octanol–water partition coefficient (Wildman–Crippen LogP) is 3.12. The van der Waals surface area contributed by atoms with E-state index < -0.39 is 6.04 Å². The number of esters is 1. The summed E-state index contributed by atoms with van der Waals surface area (Å²) in [6.07, 6.45) is 4.39. The molecule has 0 radical (unpaired) electrons. The van der Waals surface area contributed by atoms with E-state index in [4.69, 9.17) is 10.5 Å². The highest BCUT2D eigenvalue weighted by Gasteiger charge is 2.36. The number of hydrogen-bond acceptors (Lipinski definition) is 3. The van der Waals surface area contributed by atoms with Crippen LogP contribution in [0.2, 0.25) is 0 Å². The molecule has 0 aromatic heterocycles. The van der Waals surface area contributed by atoms with Gasteiger partial charge in [-0.05, 0) is 42.9 Å². The minimum atomic E-state index is -0.489. The van der Waals surface area contributed by atoms with Gasteiger partial charge < -0.3 is 10.5 Å². The Bertz CT molecular complexity index is 288. The van der Waals surface area contributed by atoms with Gasteiger partial charge in [-0.1, -0.05) is 34.6 Å². The first-order valence-electron chi connectivity index (χ1n) is 7.22. The Morgan fingerprint density at radius 1 is 1.33 bits per heavy atom. The fraction of sp³-hybridized carbons (Fsp3) is 0.933. The van der Waals surface area contributed by atoms with Crippen LogP contribution in [0.1, 0.15) is 60.3 Å². The van der Waals surface area contributed by atoms with Crippen LogP contribution in [0.3, 0.4) is 0 Å². The van der Waals surface area contributed by atoms with Crippen molar-refractivity contribution in [2.45, 2.75) is 72.4 Å². The average molecular weight is 255 g/mol. The van der Waals surface area contributed by atoms with Gasteiger partial charge >= 0.3 is 5.97 Å². The van der Waals surface area contributed by atoms with Gasteiger partial charge in [0.1, 0.15) is 12.1 Å². The van der Waals surface area contributed by atoms with Crippen LogP contribution in [0.5, 0.6) is 0 Å². The van der Waals surface area contributed by atoms with Gasteiger partial charge in [0.15, 0.2) is 0 Å². The Balaban J connectivity index is 2.56. The fourth-order valence-corrected chi connectivity index (χ4v) is 2.60. The van der Waals surface area contributed by atoms with Crippen molar-refractivity contribution in [3.05, 3.63) is 0 Å². The molecule has 0 aliphatic heterocycles. The molecule has 106 valence electrons. The van der Waals surface area contributed by atoms with Gasteiger partial charge in [-0.15, -0.1) is 0 Å². The van der Waals surface area contributed by atoms with Crippen molar-refractivity contribution in [1.82, 2.24) is 0 Å². The maximum atomic E-state index is 11.9. The highest BCUT2D eigenvalue weighted by Crippen LogP contribution is 2.42. The van der Waals surface area contributed by atoms with Crippen molar-refractivity contribution in [2.24, 2.45) is 23.0 Å². The average Bonchev–Trinajstić information content (AvgIpc) is 2.27. The largest absolute Gasteiger partial charge is 0.461 e. The zero-order chi connectivity index (χ0) is 13.9. The zero-order valence-corrected chi connectivity index (χ0v) is 12.5. The van der Waals surface area contributed by atoms with E-state index in [9.17, 15) is 4.79 Å². The molecular weight excluding hydrogens is 226 g/mol. The molecular formula is C15H29NO2. The zero-order valence-electron chi connectivity index (χ0n) is 12.5. The summed E-state index contributed by atoms with van der Waals surface area (Å²) in [5.74, 6) is 0.526. The molecule has 2 N–H and O–H groups in total. The molecule has 1 saturated carbocycles. The van der Waals surface area contributed by atoms with Crippen molar-refractivity contribution < 1.29 is 9.53 Å². The molecule has 1 aliphatic carbocycles.